The Balaban J connectivity index is 2.21. The minimum atomic E-state index is 0.164. The van der Waals surface area contributed by atoms with Crippen molar-refractivity contribution in [2.24, 2.45) is 11.7 Å². The van der Waals surface area contributed by atoms with Crippen LogP contribution in [-0.4, -0.2) is 6.61 Å². The van der Waals surface area contributed by atoms with Gasteiger partial charge in [0.05, 0.1) is 6.61 Å². The number of fused-ring (bicyclic) bond motifs is 1. The lowest BCUT2D eigenvalue weighted by atomic mass is 9.88. The highest BCUT2D eigenvalue weighted by Gasteiger charge is 2.18. The number of benzene rings is 1. The predicted molar refractivity (Wildman–Crippen MR) is 71.3 cm³/mol. The zero-order valence-electron chi connectivity index (χ0n) is 10.9. The van der Waals surface area contributed by atoms with E-state index < -0.39 is 0 Å². The molecule has 1 atom stereocenters. The molecule has 0 aromatic heterocycles. The van der Waals surface area contributed by atoms with Crippen molar-refractivity contribution in [3.05, 3.63) is 29.3 Å². The second-order valence-electron chi connectivity index (χ2n) is 4.92. The van der Waals surface area contributed by atoms with Gasteiger partial charge in [0.1, 0.15) is 5.75 Å². The van der Waals surface area contributed by atoms with Gasteiger partial charge in [-0.05, 0) is 36.0 Å². The van der Waals surface area contributed by atoms with Crippen molar-refractivity contribution in [2.75, 3.05) is 6.61 Å². The van der Waals surface area contributed by atoms with Crippen LogP contribution < -0.4 is 10.5 Å². The summed E-state index contributed by atoms with van der Waals surface area (Å²) in [6, 6.07) is 6.63. The fraction of sp³-hybridized carbons (Fsp3) is 0.600. The monoisotopic (exact) mass is 233 g/mol. The highest BCUT2D eigenvalue weighted by atomic mass is 16.5. The molecule has 2 rings (SSSR count). The summed E-state index contributed by atoms with van der Waals surface area (Å²) in [4.78, 5) is 0. The lowest BCUT2D eigenvalue weighted by Crippen LogP contribution is -2.21. The van der Waals surface area contributed by atoms with Crippen molar-refractivity contribution in [3.63, 3.8) is 0 Å². The van der Waals surface area contributed by atoms with Crippen LogP contribution in [0.1, 0.15) is 50.3 Å². The first-order chi connectivity index (χ1) is 8.26. The molecular weight excluding hydrogens is 210 g/mol. The van der Waals surface area contributed by atoms with E-state index in [0.29, 0.717) is 5.92 Å². The van der Waals surface area contributed by atoms with Crippen molar-refractivity contribution >= 4 is 0 Å². The molecule has 2 nitrogen and oxygen atoms in total. The van der Waals surface area contributed by atoms with E-state index >= 15 is 0 Å². The van der Waals surface area contributed by atoms with Gasteiger partial charge in [-0.2, -0.15) is 0 Å². The molecule has 1 unspecified atom stereocenters. The van der Waals surface area contributed by atoms with Gasteiger partial charge in [0, 0.05) is 6.04 Å². The Labute approximate surface area is 104 Å². The van der Waals surface area contributed by atoms with Crippen LogP contribution in [0.3, 0.4) is 0 Å². The SMILES string of the molecule is CCC(CC)C(N)c1ccc2c(c1)CCCO2. The fourth-order valence-corrected chi connectivity index (χ4v) is 2.66. The Kier molecular flexibility index (Phi) is 4.06. The summed E-state index contributed by atoms with van der Waals surface area (Å²) in [7, 11) is 0. The Morgan fingerprint density at radius 3 is 2.76 bits per heavy atom. The van der Waals surface area contributed by atoms with Crippen LogP contribution in [0.4, 0.5) is 0 Å². The average molecular weight is 233 g/mol. The first kappa shape index (κ1) is 12.4. The maximum atomic E-state index is 6.35. The summed E-state index contributed by atoms with van der Waals surface area (Å²) >= 11 is 0. The summed E-state index contributed by atoms with van der Waals surface area (Å²) in [5.74, 6) is 1.63. The molecule has 2 heteroatoms. The third-order valence-electron chi connectivity index (χ3n) is 3.87. The molecule has 0 saturated heterocycles. The molecule has 1 aliphatic heterocycles. The third kappa shape index (κ3) is 2.63. The summed E-state index contributed by atoms with van der Waals surface area (Å²) in [6.07, 6.45) is 4.53. The van der Waals surface area contributed by atoms with Crippen LogP contribution in [0.2, 0.25) is 0 Å². The van der Waals surface area contributed by atoms with E-state index in [2.05, 4.69) is 32.0 Å². The van der Waals surface area contributed by atoms with Gasteiger partial charge in [-0.15, -0.1) is 0 Å². The summed E-state index contributed by atoms with van der Waals surface area (Å²) < 4.78 is 5.63. The fourth-order valence-electron chi connectivity index (χ4n) is 2.66. The van der Waals surface area contributed by atoms with Gasteiger partial charge in [0.15, 0.2) is 0 Å². The Hall–Kier alpha value is -1.02. The molecule has 17 heavy (non-hydrogen) atoms. The van der Waals surface area contributed by atoms with Crippen LogP contribution in [0.15, 0.2) is 18.2 Å². The molecule has 0 amide bonds. The van der Waals surface area contributed by atoms with Crippen molar-refractivity contribution in [1.82, 2.24) is 0 Å². The number of nitrogens with two attached hydrogens (primary N) is 1. The number of hydrogen-bond acceptors (Lipinski definition) is 2. The van der Waals surface area contributed by atoms with E-state index in [-0.39, 0.29) is 6.04 Å². The van der Waals surface area contributed by atoms with E-state index in [1.807, 2.05) is 0 Å². The predicted octanol–water partition coefficient (Wildman–Crippen LogP) is 3.45. The molecule has 1 aliphatic rings. The van der Waals surface area contributed by atoms with Crippen molar-refractivity contribution in [3.8, 4) is 5.75 Å². The van der Waals surface area contributed by atoms with Crippen LogP contribution in [-0.2, 0) is 6.42 Å². The number of rotatable bonds is 4. The van der Waals surface area contributed by atoms with Crippen molar-refractivity contribution in [1.29, 1.82) is 0 Å². The number of ether oxygens (including phenoxy) is 1. The molecule has 1 heterocycles. The average Bonchev–Trinajstić information content (AvgIpc) is 2.39. The maximum absolute atomic E-state index is 6.35. The summed E-state index contributed by atoms with van der Waals surface area (Å²) in [6.45, 7) is 5.29. The molecule has 0 saturated carbocycles. The molecule has 0 fully saturated rings. The molecule has 1 aromatic rings. The Morgan fingerprint density at radius 2 is 2.06 bits per heavy atom. The lowest BCUT2D eigenvalue weighted by Gasteiger charge is -2.24. The van der Waals surface area contributed by atoms with Crippen LogP contribution in [0, 0.1) is 5.92 Å². The summed E-state index contributed by atoms with van der Waals surface area (Å²) in [5, 5.41) is 0. The van der Waals surface area contributed by atoms with E-state index in [9.17, 15) is 0 Å². The highest BCUT2D eigenvalue weighted by molar-refractivity contribution is 5.39. The lowest BCUT2D eigenvalue weighted by molar-refractivity contribution is 0.288. The maximum Gasteiger partial charge on any atom is 0.122 e. The van der Waals surface area contributed by atoms with Crippen LogP contribution in [0.5, 0.6) is 5.75 Å². The van der Waals surface area contributed by atoms with Gasteiger partial charge in [-0.1, -0.05) is 38.8 Å². The molecule has 2 N–H and O–H groups in total. The van der Waals surface area contributed by atoms with Crippen LogP contribution in [0.25, 0.3) is 0 Å². The summed E-state index contributed by atoms with van der Waals surface area (Å²) in [5.41, 5.74) is 8.95. The minimum absolute atomic E-state index is 0.164. The van der Waals surface area contributed by atoms with E-state index in [4.69, 9.17) is 10.5 Å². The molecule has 0 radical (unpaired) electrons. The quantitative estimate of drug-likeness (QED) is 0.864. The van der Waals surface area contributed by atoms with Crippen molar-refractivity contribution < 1.29 is 4.74 Å². The normalized spacial score (nSPS) is 16.5. The Morgan fingerprint density at radius 1 is 1.29 bits per heavy atom. The topological polar surface area (TPSA) is 35.2 Å². The molecule has 0 spiro atoms. The van der Waals surface area contributed by atoms with Gasteiger partial charge in [0.2, 0.25) is 0 Å². The first-order valence-corrected chi connectivity index (χ1v) is 6.77. The third-order valence-corrected chi connectivity index (χ3v) is 3.87. The van der Waals surface area contributed by atoms with Gasteiger partial charge >= 0.3 is 0 Å². The second kappa shape index (κ2) is 5.54. The smallest absolute Gasteiger partial charge is 0.122 e. The van der Waals surface area contributed by atoms with E-state index in [0.717, 1.165) is 38.0 Å². The minimum Gasteiger partial charge on any atom is -0.493 e. The van der Waals surface area contributed by atoms with E-state index in [1.165, 1.54) is 11.1 Å². The second-order valence-corrected chi connectivity index (χ2v) is 4.92. The zero-order valence-corrected chi connectivity index (χ0v) is 10.9. The highest BCUT2D eigenvalue weighted by Crippen LogP contribution is 2.31. The molecular formula is C15H23NO. The largest absolute Gasteiger partial charge is 0.493 e. The van der Waals surface area contributed by atoms with Crippen LogP contribution >= 0.6 is 0 Å². The zero-order chi connectivity index (χ0) is 12.3. The first-order valence-electron chi connectivity index (χ1n) is 6.77. The standard InChI is InChI=1S/C15H23NO/c1-3-11(4-2)15(16)13-7-8-14-12(10-13)6-5-9-17-14/h7-8,10-11,15H,3-6,9,16H2,1-2H3. The molecule has 1 aromatic carbocycles. The van der Waals surface area contributed by atoms with Gasteiger partial charge in [-0.3, -0.25) is 0 Å². The molecule has 94 valence electrons. The van der Waals surface area contributed by atoms with Crippen molar-refractivity contribution in [2.45, 2.75) is 45.6 Å². The van der Waals surface area contributed by atoms with Gasteiger partial charge in [0.25, 0.3) is 0 Å². The molecule has 0 bridgehead atoms. The van der Waals surface area contributed by atoms with Gasteiger partial charge in [-0.25, -0.2) is 0 Å². The van der Waals surface area contributed by atoms with E-state index in [1.54, 1.807) is 0 Å². The Bertz CT molecular complexity index is 371. The van der Waals surface area contributed by atoms with Gasteiger partial charge < -0.3 is 10.5 Å². The number of aryl methyl sites for hydroxylation is 1. The number of hydrogen-bond donors (Lipinski definition) is 1. The molecule has 0 aliphatic carbocycles.